The second-order valence-electron chi connectivity index (χ2n) is 7.54. The lowest BCUT2D eigenvalue weighted by Gasteiger charge is -2.40. The third kappa shape index (κ3) is 3.87. The molecule has 172 valence electrons. The molecular weight excluding hydrogens is 428 g/mol. The minimum absolute atomic E-state index is 0.0212. The highest BCUT2D eigenvalue weighted by Crippen LogP contribution is 2.46. The van der Waals surface area contributed by atoms with Crippen molar-refractivity contribution >= 4 is 6.08 Å². The number of hydrogen-bond donors (Lipinski definition) is 8. The highest BCUT2D eigenvalue weighted by molar-refractivity contribution is 5.69. The minimum atomic E-state index is -1.68. The average molecular weight is 451 g/mol. The summed E-state index contributed by atoms with van der Waals surface area (Å²) >= 11 is 0. The van der Waals surface area contributed by atoms with Crippen LogP contribution in [0.25, 0.3) is 6.08 Å². The molecule has 0 radical (unpaired) electrons. The minimum Gasteiger partial charge on any atom is -0.571 e. The van der Waals surface area contributed by atoms with Gasteiger partial charge in [-0.3, -0.25) is 0 Å². The average Bonchev–Trinajstić information content (AvgIpc) is 2.76. The second kappa shape index (κ2) is 8.37. The molecule has 9 N–H and O–H groups in total. The molecule has 0 aliphatic carbocycles. The van der Waals surface area contributed by atoms with E-state index in [9.17, 15) is 40.9 Å². The molecule has 0 amide bonds. The van der Waals surface area contributed by atoms with Gasteiger partial charge in [-0.1, -0.05) is 0 Å². The van der Waals surface area contributed by atoms with Gasteiger partial charge in [0.15, 0.2) is 17.3 Å². The van der Waals surface area contributed by atoms with Crippen LogP contribution in [0.1, 0.15) is 17.2 Å². The first kappa shape index (κ1) is 22.0. The predicted octanol–water partition coefficient (Wildman–Crippen LogP) is -0.337. The fourth-order valence-corrected chi connectivity index (χ4v) is 3.63. The Balaban J connectivity index is 1.74. The third-order valence-corrected chi connectivity index (χ3v) is 5.36. The topological polar surface area (TPSA) is 193 Å². The monoisotopic (exact) mass is 451 g/mol. The second-order valence-corrected chi connectivity index (χ2v) is 7.54. The Labute approximate surface area is 181 Å². The summed E-state index contributed by atoms with van der Waals surface area (Å²) in [5.41, 5.74) is 0.547. The smallest absolute Gasteiger partial charge is 0.270 e. The van der Waals surface area contributed by atoms with Gasteiger partial charge in [0.1, 0.15) is 41.5 Å². The molecule has 0 spiro atoms. The summed E-state index contributed by atoms with van der Waals surface area (Å²) in [6, 6.07) is 6.34. The number of fused-ring (bicyclic) bond motifs is 1. The number of aliphatic hydroxyl groups excluding tert-OH is 4. The number of aromatic hydroxyl groups is 5. The van der Waals surface area contributed by atoms with E-state index in [1.165, 1.54) is 30.3 Å². The third-order valence-electron chi connectivity index (χ3n) is 5.36. The van der Waals surface area contributed by atoms with Gasteiger partial charge in [-0.2, -0.15) is 0 Å². The Kier molecular flexibility index (Phi) is 5.75. The van der Waals surface area contributed by atoms with Crippen LogP contribution in [0.2, 0.25) is 0 Å². The lowest BCUT2D eigenvalue weighted by Crippen LogP contribution is -2.59. The van der Waals surface area contributed by atoms with Crippen molar-refractivity contribution in [1.82, 2.24) is 0 Å². The van der Waals surface area contributed by atoms with Gasteiger partial charge in [0.05, 0.1) is 18.2 Å². The van der Waals surface area contributed by atoms with Crippen LogP contribution in [0.15, 0.2) is 36.1 Å². The van der Waals surface area contributed by atoms with E-state index < -0.39 is 49.2 Å². The van der Waals surface area contributed by atoms with Gasteiger partial charge < -0.3 is 55.1 Å². The largest absolute Gasteiger partial charge is 0.571 e. The van der Waals surface area contributed by atoms with E-state index in [0.29, 0.717) is 5.56 Å². The number of phenols is 4. The molecule has 0 saturated carbocycles. The number of hydrogen-bond acceptors (Lipinski definition) is 10. The Morgan fingerprint density at radius 2 is 1.62 bits per heavy atom. The Morgan fingerprint density at radius 1 is 0.875 bits per heavy atom. The van der Waals surface area contributed by atoms with Crippen molar-refractivity contribution in [1.29, 1.82) is 0 Å². The summed E-state index contributed by atoms with van der Waals surface area (Å²) in [4.78, 5) is 0. The molecule has 11 nitrogen and oxygen atoms in total. The summed E-state index contributed by atoms with van der Waals surface area (Å²) in [7, 11) is 0. The van der Waals surface area contributed by atoms with Gasteiger partial charge in [-0.15, -0.1) is 0 Å². The first-order chi connectivity index (χ1) is 15.2. The van der Waals surface area contributed by atoms with Gasteiger partial charge in [0, 0.05) is 12.1 Å². The molecule has 11 heteroatoms. The van der Waals surface area contributed by atoms with Crippen LogP contribution in [0, 0.1) is 0 Å². The highest BCUT2D eigenvalue weighted by atomic mass is 16.7. The molecule has 1 saturated heterocycles. The predicted molar refractivity (Wildman–Crippen MR) is 107 cm³/mol. The van der Waals surface area contributed by atoms with Crippen LogP contribution in [0.3, 0.4) is 0 Å². The molecule has 1 unspecified atom stereocenters. The Hall–Kier alpha value is -3.22. The van der Waals surface area contributed by atoms with E-state index in [4.69, 9.17) is 9.47 Å². The molecule has 2 heterocycles. The molecule has 0 aromatic heterocycles. The van der Waals surface area contributed by atoms with Crippen molar-refractivity contribution in [3.8, 4) is 28.7 Å². The normalized spacial score (nSPS) is 29.6. The maximum atomic E-state index is 10.3. The summed E-state index contributed by atoms with van der Waals surface area (Å²) in [5, 5.41) is 79.3. The standard InChI is InChI=1S/C21H22O11/c22-7-16-17(27)18(28)19(29)21(32-16)31-15-6-10-12(25)4-9(23)5-14(10)30-20(15)8-1-2-11(24)13(26)3-8/h1-6,16-29H,7H2/p+1/t16-,17-,18+,19-,20?,21-/m1/s1. The summed E-state index contributed by atoms with van der Waals surface area (Å²) in [5.74, 6) is -1.08. The molecule has 2 aliphatic heterocycles. The number of ether oxygens (including phenoxy) is 3. The zero-order valence-corrected chi connectivity index (χ0v) is 16.5. The summed E-state index contributed by atoms with van der Waals surface area (Å²) < 4.78 is 15.6. The molecule has 2 aromatic rings. The first-order valence-corrected chi connectivity index (χ1v) is 9.67. The van der Waals surface area contributed by atoms with Crippen LogP contribution < -0.4 is 0 Å². The molecule has 4 rings (SSSR count). The van der Waals surface area contributed by atoms with E-state index in [0.717, 1.165) is 6.07 Å². The maximum Gasteiger partial charge on any atom is 0.270 e. The van der Waals surface area contributed by atoms with E-state index in [-0.39, 0.29) is 34.3 Å². The molecule has 1 fully saturated rings. The van der Waals surface area contributed by atoms with E-state index in [1.54, 1.807) is 0 Å². The van der Waals surface area contributed by atoms with Crippen molar-refractivity contribution in [2.45, 2.75) is 36.8 Å². The quantitative estimate of drug-likeness (QED) is 0.225. The molecular formula is C21H23O11+. The highest BCUT2D eigenvalue weighted by Gasteiger charge is 2.46. The SMILES string of the molecule is OC[C@H]1O[C@@H](OC2=Cc3c(O)cc(O)cc3[OH+]C2c2ccc(O)c(O)c2)[C@H](O)[C@@H](O)[C@@H]1O. The van der Waals surface area contributed by atoms with E-state index in [1.807, 2.05) is 0 Å². The molecule has 6 atom stereocenters. The summed E-state index contributed by atoms with van der Waals surface area (Å²) in [6.45, 7) is -0.646. The van der Waals surface area contributed by atoms with Crippen molar-refractivity contribution in [3.05, 3.63) is 47.2 Å². The van der Waals surface area contributed by atoms with Gasteiger partial charge in [0.25, 0.3) is 11.9 Å². The van der Waals surface area contributed by atoms with Gasteiger partial charge in [0.2, 0.25) is 6.29 Å². The zero-order chi connectivity index (χ0) is 23.2. The summed E-state index contributed by atoms with van der Waals surface area (Å²) in [6.07, 6.45) is -7.22. The molecule has 2 aliphatic rings. The Bertz CT molecular complexity index is 1030. The van der Waals surface area contributed by atoms with Crippen molar-refractivity contribution in [3.63, 3.8) is 0 Å². The first-order valence-electron chi connectivity index (χ1n) is 9.67. The van der Waals surface area contributed by atoms with Crippen molar-refractivity contribution in [2.24, 2.45) is 0 Å². The zero-order valence-electron chi connectivity index (χ0n) is 16.5. The lowest BCUT2D eigenvalue weighted by atomic mass is 9.98. The lowest BCUT2D eigenvalue weighted by molar-refractivity contribution is -0.295. The molecule has 0 bridgehead atoms. The van der Waals surface area contributed by atoms with Crippen LogP contribution in [0.5, 0.6) is 28.7 Å². The number of phenolic OH excluding ortho intramolecular Hbond substituents is 4. The Morgan fingerprint density at radius 3 is 2.31 bits per heavy atom. The number of aliphatic hydroxyl groups is 5. The van der Waals surface area contributed by atoms with Crippen molar-refractivity contribution < 1.29 is 55.1 Å². The number of rotatable bonds is 4. The fraction of sp³-hybridized carbons (Fsp3) is 0.333. The van der Waals surface area contributed by atoms with Gasteiger partial charge >= 0.3 is 0 Å². The molecule has 32 heavy (non-hydrogen) atoms. The van der Waals surface area contributed by atoms with Crippen molar-refractivity contribution in [2.75, 3.05) is 6.61 Å². The molecule has 2 aromatic carbocycles. The van der Waals surface area contributed by atoms with Crippen LogP contribution >= 0.6 is 0 Å². The van der Waals surface area contributed by atoms with Gasteiger partial charge in [-0.25, -0.2) is 0 Å². The van der Waals surface area contributed by atoms with E-state index >= 15 is 0 Å². The van der Waals surface area contributed by atoms with E-state index in [2.05, 4.69) is 4.74 Å². The fourth-order valence-electron chi connectivity index (χ4n) is 3.63. The van der Waals surface area contributed by atoms with Crippen LogP contribution in [-0.2, 0) is 9.47 Å². The number of benzene rings is 2. The van der Waals surface area contributed by atoms with Gasteiger partial charge in [-0.05, 0) is 18.2 Å². The van der Waals surface area contributed by atoms with Crippen LogP contribution in [-0.4, -0.2) is 82.9 Å². The van der Waals surface area contributed by atoms with Crippen LogP contribution in [0.4, 0.5) is 0 Å². The maximum absolute atomic E-state index is 10.3.